The molecule has 7 atom stereocenters. The SMILES string of the molecule is CO[C@@H](C)c1ncc(N2CCN3CCOC[C@@H]3C2)cc1-c1c2c3cc(ccc3n1CC(F)(F)F)-c1cccc(c1)C[C@H](NC(=O)[C@H](C1CCCC1)N1CC[C@]3(CCN(C(=O)[C@H]4CN4)C3)C1)C(=O)N1CCC[C@H](N1)C(=O)OCC(C)(C)C2. The molecular formula is C61H79F3N10O7. The first-order valence-corrected chi connectivity index (χ1v) is 29.6. The van der Waals surface area contributed by atoms with Gasteiger partial charge in [0.1, 0.15) is 18.6 Å². The van der Waals surface area contributed by atoms with Crippen molar-refractivity contribution in [3.8, 4) is 22.4 Å². The first-order valence-electron chi connectivity index (χ1n) is 29.6. The fourth-order valence-electron chi connectivity index (χ4n) is 14.5. The van der Waals surface area contributed by atoms with Gasteiger partial charge in [-0.3, -0.25) is 39.0 Å². The number of hydrogen-bond acceptors (Lipinski definition) is 13. The number of rotatable bonds is 10. The number of halogens is 3. The van der Waals surface area contributed by atoms with Gasteiger partial charge in [0.15, 0.2) is 0 Å². The van der Waals surface area contributed by atoms with E-state index in [0.29, 0.717) is 98.7 Å². The number of piperazine rings is 1. The van der Waals surface area contributed by atoms with Gasteiger partial charge in [0, 0.05) is 99.7 Å². The first kappa shape index (κ1) is 55.9. The third-order valence-corrected chi connectivity index (χ3v) is 19.0. The maximum atomic E-state index is 15.3. The molecule has 20 heteroatoms. The highest BCUT2D eigenvalue weighted by atomic mass is 19.4. The summed E-state index contributed by atoms with van der Waals surface area (Å²) in [5.74, 6) is -0.821. The molecule has 0 radical (unpaired) electrons. The topological polar surface area (TPSA) is 176 Å². The van der Waals surface area contributed by atoms with Crippen LogP contribution in [0, 0.1) is 16.7 Å². The third-order valence-electron chi connectivity index (χ3n) is 19.0. The summed E-state index contributed by atoms with van der Waals surface area (Å²) in [7, 11) is 1.57. The molecule has 3 amide bonds. The Morgan fingerprint density at radius 2 is 1.75 bits per heavy atom. The summed E-state index contributed by atoms with van der Waals surface area (Å²) in [6.45, 7) is 12.6. The summed E-state index contributed by atoms with van der Waals surface area (Å²) in [5.41, 5.74) is 7.89. The Bertz CT molecular complexity index is 3030. The molecule has 7 aliphatic heterocycles. The van der Waals surface area contributed by atoms with Crippen LogP contribution in [0.25, 0.3) is 33.3 Å². The van der Waals surface area contributed by atoms with E-state index in [1.165, 1.54) is 9.58 Å². The number of nitrogens with zero attached hydrogens (tertiary/aromatic N) is 7. The van der Waals surface area contributed by atoms with Crippen LogP contribution in [-0.2, 0) is 52.8 Å². The molecule has 3 N–H and O–H groups in total. The molecule has 2 aromatic heterocycles. The van der Waals surface area contributed by atoms with Crippen LogP contribution in [0.5, 0.6) is 0 Å². The molecule has 2 aromatic carbocycles. The highest BCUT2D eigenvalue weighted by Crippen LogP contribution is 2.46. The van der Waals surface area contributed by atoms with E-state index in [2.05, 4.69) is 30.8 Å². The molecule has 0 unspecified atom stereocenters. The maximum absolute atomic E-state index is 15.3. The fraction of sp³-hybridized carbons (Fsp3) is 0.623. The normalized spacial score (nSPS) is 27.6. The van der Waals surface area contributed by atoms with Gasteiger partial charge < -0.3 is 39.2 Å². The van der Waals surface area contributed by atoms with Gasteiger partial charge in [-0.15, -0.1) is 0 Å². The molecule has 6 bridgehead atoms. The number of amides is 3. The Morgan fingerprint density at radius 1 is 0.951 bits per heavy atom. The van der Waals surface area contributed by atoms with Gasteiger partial charge in [-0.05, 0) is 105 Å². The van der Waals surface area contributed by atoms with E-state index in [-0.39, 0.29) is 60.6 Å². The number of ether oxygens (including phenoxy) is 3. The number of aromatic nitrogens is 2. The second-order valence-electron chi connectivity index (χ2n) is 25.4. The number of alkyl halides is 3. The van der Waals surface area contributed by atoms with Gasteiger partial charge in [0.2, 0.25) is 11.8 Å². The number of nitrogens with one attached hydrogen (secondary N) is 3. The van der Waals surface area contributed by atoms with Crippen LogP contribution in [0.1, 0.15) is 95.1 Å². The van der Waals surface area contributed by atoms with Crippen LogP contribution in [0.4, 0.5) is 18.9 Å². The fourth-order valence-corrected chi connectivity index (χ4v) is 14.5. The van der Waals surface area contributed by atoms with Gasteiger partial charge >= 0.3 is 12.1 Å². The lowest BCUT2D eigenvalue weighted by atomic mass is 9.84. The number of hydrazine groups is 1. The van der Waals surface area contributed by atoms with Crippen molar-refractivity contribution < 1.29 is 46.6 Å². The third kappa shape index (κ3) is 11.7. The van der Waals surface area contributed by atoms with Crippen LogP contribution >= 0.6 is 0 Å². The van der Waals surface area contributed by atoms with Gasteiger partial charge in [0.25, 0.3) is 5.91 Å². The highest BCUT2D eigenvalue weighted by Gasteiger charge is 2.51. The number of fused-ring (bicyclic) bond motifs is 7. The maximum Gasteiger partial charge on any atom is 0.406 e. The number of benzene rings is 2. The van der Waals surface area contributed by atoms with Crippen molar-refractivity contribution in [3.05, 3.63) is 71.5 Å². The Balaban J connectivity index is 0.927. The number of hydrogen-bond donors (Lipinski definition) is 3. The largest absolute Gasteiger partial charge is 0.464 e. The zero-order chi connectivity index (χ0) is 56.4. The minimum Gasteiger partial charge on any atom is -0.464 e. The summed E-state index contributed by atoms with van der Waals surface area (Å²) in [4.78, 5) is 71.7. The lowest BCUT2D eigenvalue weighted by molar-refractivity contribution is -0.155. The Labute approximate surface area is 472 Å². The van der Waals surface area contributed by atoms with E-state index in [1.54, 1.807) is 19.4 Å². The molecule has 6 saturated heterocycles. The van der Waals surface area contributed by atoms with E-state index < -0.39 is 48.3 Å². The first-order chi connectivity index (χ1) is 38.9. The molecule has 1 spiro atoms. The van der Waals surface area contributed by atoms with Crippen LogP contribution in [0.15, 0.2) is 54.7 Å². The van der Waals surface area contributed by atoms with Gasteiger partial charge in [-0.25, -0.2) is 5.43 Å². The summed E-state index contributed by atoms with van der Waals surface area (Å²) >= 11 is 0. The minimum atomic E-state index is -4.61. The van der Waals surface area contributed by atoms with Gasteiger partial charge in [-0.1, -0.05) is 57.0 Å². The van der Waals surface area contributed by atoms with Gasteiger partial charge in [-0.2, -0.15) is 13.2 Å². The molecule has 9 heterocycles. The average molecular weight is 1120 g/mol. The molecule has 7 fully saturated rings. The molecule has 4 aromatic rings. The summed E-state index contributed by atoms with van der Waals surface area (Å²) in [6, 6.07) is 13.1. The van der Waals surface area contributed by atoms with Crippen molar-refractivity contribution in [3.63, 3.8) is 0 Å². The number of pyridine rings is 1. The predicted octanol–water partition coefficient (Wildman–Crippen LogP) is 6.26. The van der Waals surface area contributed by atoms with Crippen LogP contribution in [0.2, 0.25) is 0 Å². The van der Waals surface area contributed by atoms with Crippen LogP contribution in [0.3, 0.4) is 0 Å². The second-order valence-corrected chi connectivity index (χ2v) is 25.4. The van der Waals surface area contributed by atoms with E-state index in [0.717, 1.165) is 87.1 Å². The average Bonchev–Trinajstić information content (AvgIpc) is 3.43. The monoisotopic (exact) mass is 1120 g/mol. The molecule has 436 valence electrons. The number of cyclic esters (lactones) is 1. The number of esters is 1. The van der Waals surface area contributed by atoms with Crippen LogP contribution in [-0.4, -0.2) is 182 Å². The predicted molar refractivity (Wildman–Crippen MR) is 300 cm³/mol. The smallest absolute Gasteiger partial charge is 0.406 e. The van der Waals surface area contributed by atoms with Crippen LogP contribution < -0.4 is 21.0 Å². The lowest BCUT2D eigenvalue weighted by Gasteiger charge is -2.44. The quantitative estimate of drug-likeness (QED) is 0.120. The Hall–Kier alpha value is -5.64. The number of methoxy groups -OCH3 is 1. The van der Waals surface area contributed by atoms with Gasteiger partial charge in [0.05, 0.1) is 67.3 Å². The van der Waals surface area contributed by atoms with Crippen molar-refractivity contribution in [1.29, 1.82) is 0 Å². The molecular weight excluding hydrogens is 1040 g/mol. The standard InChI is InChI=1S/C61H79F3N10O7/c1-38(79-4)52-46(28-43(30-66-52)70-22-21-69-23-24-80-33-44(69)32-70)54-47-29-59(2,3)37-81-58(78)48-13-8-18-74(68-48)57(77)49(26-39-9-7-12-41(25-39)42-14-15-51(45(47)27-42)73(54)36-61(62,63)64)67-55(75)53(40-10-5-6-11-40)71-19-16-60(34-71)17-20-72(35-60)56(76)50-31-65-50/h7,9,12,14-15,25,27-28,30,38,40,44,48-50,53,65,68H,5-6,8,10-11,13,16-24,26,29,31-37H2,1-4H3,(H,67,75)/t38-,44-,48-,49-,50+,53-,60-/m0/s1. The van der Waals surface area contributed by atoms with Crippen molar-refractivity contribution in [2.45, 2.75) is 134 Å². The highest BCUT2D eigenvalue weighted by molar-refractivity contribution is 5.96. The lowest BCUT2D eigenvalue weighted by Crippen LogP contribution is -2.62. The summed E-state index contributed by atoms with van der Waals surface area (Å²) < 4.78 is 65.1. The zero-order valence-electron chi connectivity index (χ0n) is 47.3. The van der Waals surface area contributed by atoms with E-state index in [1.807, 2.05) is 68.1 Å². The van der Waals surface area contributed by atoms with Crippen molar-refractivity contribution in [2.24, 2.45) is 16.7 Å². The van der Waals surface area contributed by atoms with E-state index >= 15 is 22.8 Å². The van der Waals surface area contributed by atoms with E-state index in [9.17, 15) is 9.59 Å². The number of anilines is 1. The number of carbonyl (C=O) groups excluding carboxylic acids is 4. The summed E-state index contributed by atoms with van der Waals surface area (Å²) in [5, 5.41) is 8.56. The molecule has 1 saturated carbocycles. The van der Waals surface area contributed by atoms with E-state index in [4.69, 9.17) is 19.2 Å². The Morgan fingerprint density at radius 3 is 2.54 bits per heavy atom. The number of likely N-dealkylation sites (tertiary alicyclic amines) is 2. The molecule has 8 aliphatic rings. The second kappa shape index (κ2) is 22.5. The molecule has 12 rings (SSSR count). The molecule has 1 aliphatic carbocycles. The molecule has 81 heavy (non-hydrogen) atoms. The Kier molecular flexibility index (Phi) is 15.5. The number of carbonyl (C=O) groups is 4. The molecule has 17 nitrogen and oxygen atoms in total. The summed E-state index contributed by atoms with van der Waals surface area (Å²) in [6.07, 6.45) is 3.56. The van der Waals surface area contributed by atoms with Crippen molar-refractivity contribution >= 4 is 40.3 Å². The van der Waals surface area contributed by atoms with Crippen molar-refractivity contribution in [1.82, 2.24) is 45.3 Å². The zero-order valence-corrected chi connectivity index (χ0v) is 47.3. The van der Waals surface area contributed by atoms with Crippen molar-refractivity contribution in [2.75, 3.05) is 97.3 Å². The number of morpholine rings is 1. The minimum absolute atomic E-state index is 0.0659.